The van der Waals surface area contributed by atoms with Gasteiger partial charge in [-0.3, -0.25) is 0 Å². The number of carbonyl (C=O) groups is 1. The molecule has 0 atom stereocenters. The number of amides is 1. The topological polar surface area (TPSA) is 50.1 Å². The van der Waals surface area contributed by atoms with E-state index in [1.807, 2.05) is 0 Å². The van der Waals surface area contributed by atoms with Crippen LogP contribution in [-0.4, -0.2) is 6.09 Å². The molecule has 4 heteroatoms. The molecule has 1 aromatic carbocycles. The van der Waals surface area contributed by atoms with Crippen LogP contribution >= 0.6 is 0 Å². The molecule has 1 radical (unpaired) electrons. The number of ether oxygens (including phenoxy) is 1. The van der Waals surface area contributed by atoms with E-state index in [9.17, 15) is 9.18 Å². The Morgan fingerprint density at radius 2 is 2.00 bits per heavy atom. The summed E-state index contributed by atoms with van der Waals surface area (Å²) < 4.78 is 16.7. The molecule has 63 valence electrons. The Labute approximate surface area is 68.9 Å². The summed E-state index contributed by atoms with van der Waals surface area (Å²) in [6.45, 7) is 0.0165. The lowest BCUT2D eigenvalue weighted by Gasteiger charge is -1.99. The van der Waals surface area contributed by atoms with Gasteiger partial charge in [0.1, 0.15) is 12.4 Å². The summed E-state index contributed by atoms with van der Waals surface area (Å²) in [5.74, 6) is -0.337. The van der Waals surface area contributed by atoms with Crippen molar-refractivity contribution in [2.24, 2.45) is 0 Å². The van der Waals surface area contributed by atoms with E-state index in [1.54, 1.807) is 0 Å². The van der Waals surface area contributed by atoms with E-state index in [2.05, 4.69) is 4.74 Å². The number of rotatable bonds is 2. The highest BCUT2D eigenvalue weighted by Gasteiger charge is 1.97. The van der Waals surface area contributed by atoms with Crippen LogP contribution in [-0.2, 0) is 11.3 Å². The molecule has 3 nitrogen and oxygen atoms in total. The second-order valence-electron chi connectivity index (χ2n) is 2.20. The lowest BCUT2D eigenvalue weighted by molar-refractivity contribution is 0.148. The smallest absolute Gasteiger partial charge is 0.426 e. The minimum absolute atomic E-state index is 0.0165. The lowest BCUT2D eigenvalue weighted by atomic mass is 10.2. The van der Waals surface area contributed by atoms with Crippen molar-refractivity contribution in [2.75, 3.05) is 0 Å². The zero-order valence-corrected chi connectivity index (χ0v) is 6.21. The number of halogens is 1. The van der Waals surface area contributed by atoms with Gasteiger partial charge >= 0.3 is 6.09 Å². The summed E-state index contributed by atoms with van der Waals surface area (Å²) in [4.78, 5) is 10.1. The molecule has 0 aliphatic heterocycles. The predicted octanol–water partition coefficient (Wildman–Crippen LogP) is 1.75. The van der Waals surface area contributed by atoms with Gasteiger partial charge in [0.05, 0.1) is 0 Å². The van der Waals surface area contributed by atoms with Gasteiger partial charge in [-0.25, -0.2) is 14.9 Å². The molecule has 0 aliphatic carbocycles. The Hall–Kier alpha value is -1.58. The van der Waals surface area contributed by atoms with Gasteiger partial charge < -0.3 is 4.74 Å². The summed E-state index contributed by atoms with van der Waals surface area (Å²) >= 11 is 0. The first kappa shape index (κ1) is 8.52. The van der Waals surface area contributed by atoms with Crippen molar-refractivity contribution in [3.8, 4) is 0 Å². The highest BCUT2D eigenvalue weighted by molar-refractivity contribution is 5.63. The maximum absolute atomic E-state index is 12.3. The van der Waals surface area contributed by atoms with Crippen LogP contribution in [0.15, 0.2) is 24.3 Å². The van der Waals surface area contributed by atoms with Crippen molar-refractivity contribution in [1.82, 2.24) is 5.73 Å². The van der Waals surface area contributed by atoms with Crippen molar-refractivity contribution in [1.29, 1.82) is 0 Å². The Morgan fingerprint density at radius 3 is 2.50 bits per heavy atom. The van der Waals surface area contributed by atoms with E-state index in [0.717, 1.165) is 0 Å². The largest absolute Gasteiger partial charge is 0.443 e. The molecule has 1 N–H and O–H groups in total. The fraction of sp³-hybridized carbons (Fsp3) is 0.125. The van der Waals surface area contributed by atoms with Crippen LogP contribution in [0.1, 0.15) is 5.56 Å². The van der Waals surface area contributed by atoms with Crippen molar-refractivity contribution in [3.63, 3.8) is 0 Å². The van der Waals surface area contributed by atoms with Crippen LogP contribution in [0.25, 0.3) is 0 Å². The summed E-state index contributed by atoms with van der Waals surface area (Å²) in [5, 5.41) is 0. The summed E-state index contributed by atoms with van der Waals surface area (Å²) in [6, 6.07) is 5.54. The molecule has 0 saturated heterocycles. The Kier molecular flexibility index (Phi) is 2.63. The van der Waals surface area contributed by atoms with Crippen LogP contribution in [0.5, 0.6) is 0 Å². The van der Waals surface area contributed by atoms with Crippen LogP contribution in [0.4, 0.5) is 9.18 Å². The average molecular weight is 168 g/mol. The third-order valence-electron chi connectivity index (χ3n) is 1.28. The zero-order valence-electron chi connectivity index (χ0n) is 6.21. The van der Waals surface area contributed by atoms with Gasteiger partial charge in [0.15, 0.2) is 0 Å². The van der Waals surface area contributed by atoms with Gasteiger partial charge in [-0.05, 0) is 17.7 Å². The Bertz CT molecular complexity index is 271. The van der Waals surface area contributed by atoms with Gasteiger partial charge in [-0.15, -0.1) is 0 Å². The lowest BCUT2D eigenvalue weighted by Crippen LogP contribution is -2.01. The average Bonchev–Trinajstić information content (AvgIpc) is 2.03. The summed E-state index contributed by atoms with van der Waals surface area (Å²) in [6.07, 6.45) is -1.08. The third-order valence-corrected chi connectivity index (χ3v) is 1.28. The van der Waals surface area contributed by atoms with Gasteiger partial charge in [0.2, 0.25) is 0 Å². The summed E-state index contributed by atoms with van der Waals surface area (Å²) in [7, 11) is 0. The van der Waals surface area contributed by atoms with Gasteiger partial charge in [-0.1, -0.05) is 12.1 Å². The zero-order chi connectivity index (χ0) is 8.97. The predicted molar refractivity (Wildman–Crippen MR) is 39.7 cm³/mol. The fourth-order valence-electron chi connectivity index (χ4n) is 0.730. The van der Waals surface area contributed by atoms with E-state index in [4.69, 9.17) is 5.73 Å². The second-order valence-corrected chi connectivity index (χ2v) is 2.20. The van der Waals surface area contributed by atoms with E-state index < -0.39 is 6.09 Å². The van der Waals surface area contributed by atoms with Gasteiger partial charge in [-0.2, -0.15) is 0 Å². The maximum atomic E-state index is 12.3. The maximum Gasteiger partial charge on any atom is 0.426 e. The second kappa shape index (κ2) is 3.71. The van der Waals surface area contributed by atoms with E-state index in [0.29, 0.717) is 5.56 Å². The molecular formula is C8H7FNO2. The van der Waals surface area contributed by atoms with Crippen molar-refractivity contribution in [2.45, 2.75) is 6.61 Å². The molecule has 0 saturated carbocycles. The molecule has 0 unspecified atom stereocenters. The van der Waals surface area contributed by atoms with Crippen LogP contribution in [0.2, 0.25) is 0 Å². The molecule has 1 amide bonds. The Balaban J connectivity index is 2.53. The van der Waals surface area contributed by atoms with Crippen LogP contribution in [0.3, 0.4) is 0 Å². The molecule has 1 aromatic rings. The number of nitrogens with one attached hydrogen (secondary N) is 1. The van der Waals surface area contributed by atoms with Crippen LogP contribution < -0.4 is 5.73 Å². The molecule has 1 rings (SSSR count). The number of benzene rings is 1. The molecule has 0 spiro atoms. The number of hydrogen-bond acceptors (Lipinski definition) is 2. The van der Waals surface area contributed by atoms with E-state index in [1.165, 1.54) is 24.3 Å². The number of hydrogen-bond donors (Lipinski definition) is 0. The first-order chi connectivity index (χ1) is 5.68. The molecule has 0 fully saturated rings. The van der Waals surface area contributed by atoms with E-state index in [-0.39, 0.29) is 12.4 Å². The minimum atomic E-state index is -1.08. The first-order valence-corrected chi connectivity index (χ1v) is 3.31. The fourth-order valence-corrected chi connectivity index (χ4v) is 0.730. The molecular weight excluding hydrogens is 161 g/mol. The van der Waals surface area contributed by atoms with Crippen LogP contribution in [0, 0.1) is 5.82 Å². The highest BCUT2D eigenvalue weighted by Crippen LogP contribution is 2.03. The van der Waals surface area contributed by atoms with Crippen molar-refractivity contribution in [3.05, 3.63) is 35.6 Å². The molecule has 0 aliphatic rings. The number of carbonyl (C=O) groups excluding carboxylic acids is 1. The molecule has 0 bridgehead atoms. The monoisotopic (exact) mass is 168 g/mol. The quantitative estimate of drug-likeness (QED) is 0.675. The standard InChI is InChI=1S/C8H7FNO2/c9-7-3-1-6(2-4-7)5-12-8(10)11/h1-4,10H,5H2. The molecule has 0 aromatic heterocycles. The van der Waals surface area contributed by atoms with Crippen molar-refractivity contribution >= 4 is 6.09 Å². The minimum Gasteiger partial charge on any atom is -0.443 e. The summed E-state index contributed by atoms with van der Waals surface area (Å²) in [5.41, 5.74) is 7.10. The highest BCUT2D eigenvalue weighted by atomic mass is 19.1. The van der Waals surface area contributed by atoms with Crippen molar-refractivity contribution < 1.29 is 13.9 Å². The van der Waals surface area contributed by atoms with Gasteiger partial charge in [0, 0.05) is 0 Å². The Morgan fingerprint density at radius 1 is 1.42 bits per heavy atom. The molecule has 0 heterocycles. The first-order valence-electron chi connectivity index (χ1n) is 3.31. The SMILES string of the molecule is [NH]C(=O)OCc1ccc(F)cc1. The third kappa shape index (κ3) is 2.57. The van der Waals surface area contributed by atoms with E-state index >= 15 is 0 Å². The molecule has 12 heavy (non-hydrogen) atoms. The normalized spacial score (nSPS) is 9.42. The van der Waals surface area contributed by atoms with Gasteiger partial charge in [0.25, 0.3) is 0 Å².